The first kappa shape index (κ1) is 18.1. The van der Waals surface area contributed by atoms with Gasteiger partial charge < -0.3 is 4.74 Å². The van der Waals surface area contributed by atoms with Gasteiger partial charge in [0.05, 0.1) is 17.6 Å². The van der Waals surface area contributed by atoms with E-state index in [2.05, 4.69) is 4.74 Å². The van der Waals surface area contributed by atoms with Gasteiger partial charge in [0.2, 0.25) is 0 Å². The summed E-state index contributed by atoms with van der Waals surface area (Å²) in [5, 5.41) is 0. The van der Waals surface area contributed by atoms with Crippen molar-refractivity contribution in [3.8, 4) is 11.1 Å². The Hall–Kier alpha value is -2.27. The normalized spacial score (nSPS) is 12.0. The van der Waals surface area contributed by atoms with E-state index in [1.807, 2.05) is 0 Å². The predicted octanol–water partition coefficient (Wildman–Crippen LogP) is 1.63. The molecule has 0 spiro atoms. The fourth-order valence-electron chi connectivity index (χ4n) is 2.02. The number of esters is 1. The molecule has 2 N–H and O–H groups in total. The summed E-state index contributed by atoms with van der Waals surface area (Å²) in [6, 6.07) is 8.01. The molecule has 0 amide bonds. The van der Waals surface area contributed by atoms with Crippen molar-refractivity contribution in [1.29, 1.82) is 0 Å². The lowest BCUT2D eigenvalue weighted by Gasteiger charge is -2.10. The van der Waals surface area contributed by atoms with Gasteiger partial charge in [0.25, 0.3) is 20.2 Å². The molecule has 24 heavy (non-hydrogen) atoms. The zero-order chi connectivity index (χ0) is 18.1. The van der Waals surface area contributed by atoms with Crippen LogP contribution < -0.4 is 0 Å². The van der Waals surface area contributed by atoms with Crippen molar-refractivity contribution in [3.63, 3.8) is 0 Å². The summed E-state index contributed by atoms with van der Waals surface area (Å²) in [5.74, 6) is -0.608. The van der Waals surface area contributed by atoms with Crippen molar-refractivity contribution in [3.05, 3.63) is 48.0 Å². The zero-order valence-electron chi connectivity index (χ0n) is 12.2. The van der Waals surface area contributed by atoms with Gasteiger partial charge in [-0.1, -0.05) is 12.1 Å². The molecule has 0 aromatic heterocycles. The van der Waals surface area contributed by atoms with Gasteiger partial charge in [-0.2, -0.15) is 16.8 Å². The molecule has 0 saturated carbocycles. The first-order valence-corrected chi connectivity index (χ1v) is 9.20. The highest BCUT2D eigenvalue weighted by atomic mass is 32.2. The van der Waals surface area contributed by atoms with Crippen LogP contribution in [0.3, 0.4) is 0 Å². The Morgan fingerprint density at radius 1 is 0.917 bits per heavy atom. The molecule has 10 heteroatoms. The van der Waals surface area contributed by atoms with Gasteiger partial charge in [-0.15, -0.1) is 0 Å². The molecule has 0 heterocycles. The summed E-state index contributed by atoms with van der Waals surface area (Å²) in [6.07, 6.45) is 0. The van der Waals surface area contributed by atoms with Crippen molar-refractivity contribution in [2.45, 2.75) is 9.79 Å². The standard InChI is InChI=1S/C14H12O8S2/c1-22-14(15)10-4-2-9(3-5-10)12-8-11(23(16,17)18)6-7-13(12)24(19,20)21/h2-8H,1H3,(H,16,17,18)(H,19,20,21). The number of methoxy groups -OCH3 is 1. The van der Waals surface area contributed by atoms with Gasteiger partial charge in [0, 0.05) is 5.56 Å². The molecule has 0 atom stereocenters. The van der Waals surface area contributed by atoms with Crippen molar-refractivity contribution in [1.82, 2.24) is 0 Å². The molecular weight excluding hydrogens is 360 g/mol. The van der Waals surface area contributed by atoms with E-state index in [9.17, 15) is 26.2 Å². The van der Waals surface area contributed by atoms with Crippen molar-refractivity contribution >= 4 is 26.2 Å². The molecule has 8 nitrogen and oxygen atoms in total. The van der Waals surface area contributed by atoms with Crippen LogP contribution >= 0.6 is 0 Å². The number of rotatable bonds is 4. The third-order valence-corrected chi connectivity index (χ3v) is 4.91. The van der Waals surface area contributed by atoms with E-state index in [1.54, 1.807) is 0 Å². The Bertz CT molecular complexity index is 990. The van der Waals surface area contributed by atoms with Gasteiger partial charge in [-0.05, 0) is 35.9 Å². The molecule has 2 aromatic carbocycles. The van der Waals surface area contributed by atoms with E-state index in [-0.39, 0.29) is 16.7 Å². The van der Waals surface area contributed by atoms with Crippen LogP contribution in [0.4, 0.5) is 0 Å². The van der Waals surface area contributed by atoms with E-state index in [4.69, 9.17) is 4.55 Å². The Kier molecular flexibility index (Phi) is 4.76. The molecule has 0 bridgehead atoms. The molecule has 128 valence electrons. The SMILES string of the molecule is COC(=O)c1ccc(-c2cc(S(=O)(=O)O)ccc2S(=O)(=O)O)cc1. The van der Waals surface area contributed by atoms with Crippen LogP contribution in [-0.4, -0.2) is 39.0 Å². The number of hydrogen-bond acceptors (Lipinski definition) is 6. The maximum atomic E-state index is 11.5. The third-order valence-electron chi connectivity index (χ3n) is 3.14. The molecular formula is C14H12O8S2. The van der Waals surface area contributed by atoms with Gasteiger partial charge in [0.1, 0.15) is 4.90 Å². The average molecular weight is 372 g/mol. The van der Waals surface area contributed by atoms with Gasteiger partial charge in [-0.25, -0.2) is 4.79 Å². The van der Waals surface area contributed by atoms with E-state index in [0.717, 1.165) is 18.2 Å². The summed E-state index contributed by atoms with van der Waals surface area (Å²) in [5.41, 5.74) is 0.255. The van der Waals surface area contributed by atoms with Crippen LogP contribution in [0.1, 0.15) is 10.4 Å². The first-order valence-electron chi connectivity index (χ1n) is 6.32. The van der Waals surface area contributed by atoms with Crippen molar-refractivity contribution in [2.24, 2.45) is 0 Å². The molecule has 0 radical (unpaired) electrons. The topological polar surface area (TPSA) is 135 Å². The number of ether oxygens (including phenoxy) is 1. The quantitative estimate of drug-likeness (QED) is 0.611. The minimum Gasteiger partial charge on any atom is -0.465 e. The lowest BCUT2D eigenvalue weighted by atomic mass is 10.0. The molecule has 0 saturated heterocycles. The minimum absolute atomic E-state index is 0.149. The number of carbonyl (C=O) groups is 1. The maximum Gasteiger partial charge on any atom is 0.337 e. The molecule has 2 aromatic rings. The fraction of sp³-hybridized carbons (Fsp3) is 0.0714. The molecule has 0 aliphatic rings. The van der Waals surface area contributed by atoms with E-state index >= 15 is 0 Å². The van der Waals surface area contributed by atoms with E-state index < -0.39 is 36.0 Å². The first-order chi connectivity index (χ1) is 11.0. The van der Waals surface area contributed by atoms with Crippen LogP contribution in [0.5, 0.6) is 0 Å². The van der Waals surface area contributed by atoms with Crippen LogP contribution in [0.25, 0.3) is 11.1 Å². The smallest absolute Gasteiger partial charge is 0.337 e. The summed E-state index contributed by atoms with van der Waals surface area (Å²) < 4.78 is 68.4. The molecule has 0 aliphatic heterocycles. The summed E-state index contributed by atoms with van der Waals surface area (Å²) in [4.78, 5) is 10.3. The Morgan fingerprint density at radius 2 is 1.50 bits per heavy atom. The number of carbonyl (C=O) groups excluding carboxylic acids is 1. The van der Waals surface area contributed by atoms with E-state index in [0.29, 0.717) is 0 Å². The summed E-state index contributed by atoms with van der Waals surface area (Å²) >= 11 is 0. The highest BCUT2D eigenvalue weighted by Crippen LogP contribution is 2.30. The average Bonchev–Trinajstić information content (AvgIpc) is 2.52. The predicted molar refractivity (Wildman–Crippen MR) is 82.8 cm³/mol. The summed E-state index contributed by atoms with van der Waals surface area (Å²) in [7, 11) is -8.02. The highest BCUT2D eigenvalue weighted by molar-refractivity contribution is 7.86. The largest absolute Gasteiger partial charge is 0.465 e. The lowest BCUT2D eigenvalue weighted by Crippen LogP contribution is -2.05. The third kappa shape index (κ3) is 3.79. The van der Waals surface area contributed by atoms with Gasteiger partial charge >= 0.3 is 5.97 Å². The minimum atomic E-state index is -4.64. The molecule has 2 rings (SSSR count). The maximum absolute atomic E-state index is 11.5. The highest BCUT2D eigenvalue weighted by Gasteiger charge is 2.20. The Labute approximate surface area is 138 Å². The lowest BCUT2D eigenvalue weighted by molar-refractivity contribution is 0.0600. The monoisotopic (exact) mass is 372 g/mol. The molecule has 0 unspecified atom stereocenters. The summed E-state index contributed by atoms with van der Waals surface area (Å²) in [6.45, 7) is 0. The van der Waals surface area contributed by atoms with Crippen LogP contribution in [0, 0.1) is 0 Å². The van der Waals surface area contributed by atoms with Crippen LogP contribution in [0.2, 0.25) is 0 Å². The second kappa shape index (κ2) is 6.32. The van der Waals surface area contributed by atoms with Crippen molar-refractivity contribution < 1.29 is 35.5 Å². The van der Waals surface area contributed by atoms with Crippen LogP contribution in [-0.2, 0) is 25.0 Å². The molecule has 0 aliphatic carbocycles. The number of hydrogen-bond donors (Lipinski definition) is 2. The van der Waals surface area contributed by atoms with Gasteiger partial charge in [-0.3, -0.25) is 9.11 Å². The van der Waals surface area contributed by atoms with E-state index in [1.165, 1.54) is 31.4 Å². The van der Waals surface area contributed by atoms with Crippen molar-refractivity contribution in [2.75, 3.05) is 7.11 Å². The van der Waals surface area contributed by atoms with Gasteiger partial charge in [0.15, 0.2) is 0 Å². The molecule has 0 fully saturated rings. The second-order valence-electron chi connectivity index (χ2n) is 4.68. The Balaban J connectivity index is 2.68. The zero-order valence-corrected chi connectivity index (χ0v) is 13.8. The van der Waals surface area contributed by atoms with Crippen LogP contribution in [0.15, 0.2) is 52.3 Å². The second-order valence-corrected chi connectivity index (χ2v) is 7.49. The Morgan fingerprint density at radius 3 is 1.96 bits per heavy atom. The number of benzene rings is 2. The fourth-order valence-corrected chi connectivity index (χ4v) is 3.23.